The van der Waals surface area contributed by atoms with Gasteiger partial charge in [-0.3, -0.25) is 0 Å². The van der Waals surface area contributed by atoms with Crippen LogP contribution in [0.1, 0.15) is 18.4 Å². The summed E-state index contributed by atoms with van der Waals surface area (Å²) in [6, 6.07) is 11.1. The normalized spacial score (nSPS) is 23.3. The van der Waals surface area contributed by atoms with Crippen LogP contribution in [0.15, 0.2) is 29.6 Å². The van der Waals surface area contributed by atoms with Crippen LogP contribution in [0.3, 0.4) is 0 Å². The van der Waals surface area contributed by atoms with Crippen LogP contribution in [-0.2, 0) is 10.2 Å². The largest absolute Gasteiger partial charge is 0.379 e. The van der Waals surface area contributed by atoms with Gasteiger partial charge in [-0.1, -0.05) is 18.2 Å². The molecule has 1 aliphatic carbocycles. The lowest BCUT2D eigenvalue weighted by Crippen LogP contribution is -2.53. The number of ether oxygens (including phenoxy) is 1. The highest BCUT2D eigenvalue weighted by atomic mass is 32.1. The highest BCUT2D eigenvalue weighted by Crippen LogP contribution is 2.63. The molecular weight excluding hydrogens is 242 g/mol. The predicted octanol–water partition coefficient (Wildman–Crippen LogP) is 3.47. The van der Waals surface area contributed by atoms with Crippen LogP contribution < -0.4 is 0 Å². The van der Waals surface area contributed by atoms with Gasteiger partial charge in [-0.25, -0.2) is 0 Å². The van der Waals surface area contributed by atoms with E-state index in [0.29, 0.717) is 13.2 Å². The van der Waals surface area contributed by atoms with Crippen molar-refractivity contribution in [3.8, 4) is 6.07 Å². The molecule has 2 nitrogen and oxygen atoms in total. The maximum absolute atomic E-state index is 9.53. The van der Waals surface area contributed by atoms with Gasteiger partial charge in [0.15, 0.2) is 0 Å². The summed E-state index contributed by atoms with van der Waals surface area (Å²) in [7, 11) is 0. The van der Waals surface area contributed by atoms with Gasteiger partial charge in [0.1, 0.15) is 0 Å². The molecule has 1 saturated carbocycles. The summed E-state index contributed by atoms with van der Waals surface area (Å²) in [6.45, 7) is 1.42. The molecule has 0 spiro atoms. The molecular formula is C15H13NOS. The van der Waals surface area contributed by atoms with Crippen molar-refractivity contribution in [3.63, 3.8) is 0 Å². The Bertz CT molecular complexity index is 658. The molecule has 4 rings (SSSR count). The van der Waals surface area contributed by atoms with Gasteiger partial charge < -0.3 is 4.74 Å². The summed E-state index contributed by atoms with van der Waals surface area (Å²) in [5, 5.41) is 13.1. The quantitative estimate of drug-likeness (QED) is 0.823. The number of nitriles is 1. The minimum atomic E-state index is -0.158. The van der Waals surface area contributed by atoms with Gasteiger partial charge in [-0.15, -0.1) is 11.3 Å². The maximum Gasteiger partial charge on any atom is 0.0716 e. The fraction of sp³-hybridized carbons (Fsp3) is 0.400. The van der Waals surface area contributed by atoms with E-state index in [2.05, 4.69) is 35.7 Å². The van der Waals surface area contributed by atoms with Crippen molar-refractivity contribution in [3.05, 3.63) is 35.2 Å². The molecule has 3 heteroatoms. The lowest BCUT2D eigenvalue weighted by Gasteiger charge is -2.45. The predicted molar refractivity (Wildman–Crippen MR) is 71.6 cm³/mol. The van der Waals surface area contributed by atoms with Gasteiger partial charge >= 0.3 is 0 Å². The first-order valence-corrected chi connectivity index (χ1v) is 7.15. The molecule has 1 saturated heterocycles. The van der Waals surface area contributed by atoms with E-state index in [0.717, 1.165) is 12.8 Å². The highest BCUT2D eigenvalue weighted by molar-refractivity contribution is 7.17. The molecule has 1 aliphatic heterocycles. The van der Waals surface area contributed by atoms with Crippen molar-refractivity contribution in [2.45, 2.75) is 18.3 Å². The SMILES string of the molecule is N#CC1(C2(c3csc4ccccc34)COC2)CC1. The van der Waals surface area contributed by atoms with Crippen LogP contribution in [-0.4, -0.2) is 13.2 Å². The fourth-order valence-electron chi connectivity index (χ4n) is 3.17. The van der Waals surface area contributed by atoms with Gasteiger partial charge in [0.25, 0.3) is 0 Å². The third-order valence-electron chi connectivity index (χ3n) is 4.57. The minimum Gasteiger partial charge on any atom is -0.379 e. The number of hydrogen-bond acceptors (Lipinski definition) is 3. The Labute approximate surface area is 110 Å². The molecule has 2 aliphatic rings. The van der Waals surface area contributed by atoms with Crippen molar-refractivity contribution in [2.75, 3.05) is 13.2 Å². The molecule has 1 aromatic carbocycles. The molecule has 0 amide bonds. The standard InChI is InChI=1S/C15H13NOS/c16-8-14(5-6-14)15(9-17-10-15)12-7-18-13-4-2-1-3-11(12)13/h1-4,7H,5-6,9-10H2. The third kappa shape index (κ3) is 1.10. The van der Waals surface area contributed by atoms with E-state index in [-0.39, 0.29) is 10.8 Å². The first-order chi connectivity index (χ1) is 8.81. The van der Waals surface area contributed by atoms with Crippen LogP contribution in [0.5, 0.6) is 0 Å². The number of hydrogen-bond donors (Lipinski definition) is 0. The van der Waals surface area contributed by atoms with Crippen LogP contribution in [0, 0.1) is 16.7 Å². The second-order valence-corrected chi connectivity index (χ2v) is 6.33. The zero-order chi connectivity index (χ0) is 12.2. The van der Waals surface area contributed by atoms with Crippen molar-refractivity contribution >= 4 is 21.4 Å². The number of benzene rings is 1. The number of thiophene rings is 1. The lowest BCUT2D eigenvalue weighted by atomic mass is 9.66. The van der Waals surface area contributed by atoms with E-state index < -0.39 is 0 Å². The van der Waals surface area contributed by atoms with E-state index in [4.69, 9.17) is 4.74 Å². The van der Waals surface area contributed by atoms with E-state index in [1.54, 1.807) is 11.3 Å². The molecule has 18 heavy (non-hydrogen) atoms. The van der Waals surface area contributed by atoms with Gasteiger partial charge in [-0.05, 0) is 35.2 Å². The van der Waals surface area contributed by atoms with Crippen LogP contribution in [0.4, 0.5) is 0 Å². The smallest absolute Gasteiger partial charge is 0.0716 e. The Morgan fingerprint density at radius 2 is 2.00 bits per heavy atom. The van der Waals surface area contributed by atoms with Gasteiger partial charge in [0.05, 0.1) is 30.1 Å². The first kappa shape index (κ1) is 10.5. The molecule has 90 valence electrons. The zero-order valence-corrected chi connectivity index (χ0v) is 10.8. The fourth-order valence-corrected chi connectivity index (χ4v) is 4.23. The average Bonchev–Trinajstić information content (AvgIpc) is 3.03. The Morgan fingerprint density at radius 1 is 1.22 bits per heavy atom. The van der Waals surface area contributed by atoms with Crippen molar-refractivity contribution < 1.29 is 4.74 Å². The molecule has 0 atom stereocenters. The molecule has 0 N–H and O–H groups in total. The molecule has 0 unspecified atom stereocenters. The monoisotopic (exact) mass is 255 g/mol. The number of rotatable bonds is 2. The lowest BCUT2D eigenvalue weighted by molar-refractivity contribution is -0.0857. The molecule has 0 bridgehead atoms. The van der Waals surface area contributed by atoms with E-state index >= 15 is 0 Å². The Kier molecular flexibility index (Phi) is 1.96. The van der Waals surface area contributed by atoms with Crippen molar-refractivity contribution in [2.24, 2.45) is 5.41 Å². The van der Waals surface area contributed by atoms with Crippen LogP contribution >= 0.6 is 11.3 Å². The molecule has 1 aromatic heterocycles. The second kappa shape index (κ2) is 3.34. The number of fused-ring (bicyclic) bond motifs is 1. The van der Waals surface area contributed by atoms with Gasteiger partial charge in [0, 0.05) is 4.70 Å². The number of nitrogens with zero attached hydrogens (tertiary/aromatic N) is 1. The summed E-state index contributed by atoms with van der Waals surface area (Å²) in [6.07, 6.45) is 2.05. The minimum absolute atomic E-state index is 0.0403. The zero-order valence-electron chi connectivity index (χ0n) is 9.98. The van der Waals surface area contributed by atoms with E-state index in [1.165, 1.54) is 15.6 Å². The summed E-state index contributed by atoms with van der Waals surface area (Å²) in [5.41, 5.74) is 1.14. The van der Waals surface area contributed by atoms with Crippen molar-refractivity contribution in [1.82, 2.24) is 0 Å². The summed E-state index contributed by atoms with van der Waals surface area (Å²) >= 11 is 1.78. The average molecular weight is 255 g/mol. The summed E-state index contributed by atoms with van der Waals surface area (Å²) in [4.78, 5) is 0. The Morgan fingerprint density at radius 3 is 2.61 bits per heavy atom. The Hall–Kier alpha value is -1.37. The highest BCUT2D eigenvalue weighted by Gasteiger charge is 2.65. The second-order valence-electron chi connectivity index (χ2n) is 5.41. The topological polar surface area (TPSA) is 33.0 Å². The van der Waals surface area contributed by atoms with Gasteiger partial charge in [0.2, 0.25) is 0 Å². The van der Waals surface area contributed by atoms with E-state index in [1.807, 2.05) is 0 Å². The molecule has 2 fully saturated rings. The molecule has 0 radical (unpaired) electrons. The summed E-state index contributed by atoms with van der Waals surface area (Å²) < 4.78 is 6.81. The summed E-state index contributed by atoms with van der Waals surface area (Å²) in [5.74, 6) is 0. The Balaban J connectivity index is 1.94. The van der Waals surface area contributed by atoms with Crippen molar-refractivity contribution in [1.29, 1.82) is 5.26 Å². The molecule has 2 heterocycles. The van der Waals surface area contributed by atoms with Crippen LogP contribution in [0.2, 0.25) is 0 Å². The van der Waals surface area contributed by atoms with E-state index in [9.17, 15) is 5.26 Å². The van der Waals surface area contributed by atoms with Gasteiger partial charge in [-0.2, -0.15) is 5.26 Å². The maximum atomic E-state index is 9.53. The third-order valence-corrected chi connectivity index (χ3v) is 5.54. The molecule has 2 aromatic rings. The van der Waals surface area contributed by atoms with Crippen LogP contribution in [0.25, 0.3) is 10.1 Å². The first-order valence-electron chi connectivity index (χ1n) is 6.27.